The van der Waals surface area contributed by atoms with Gasteiger partial charge in [0.15, 0.2) is 17.3 Å². The fourth-order valence-corrected chi connectivity index (χ4v) is 4.19. The first-order chi connectivity index (χ1) is 17.0. The van der Waals surface area contributed by atoms with Crippen molar-refractivity contribution >= 4 is 40.8 Å². The molecule has 0 saturated carbocycles. The largest absolute Gasteiger partial charge is 0.487 e. The first-order valence-corrected chi connectivity index (χ1v) is 11.5. The summed E-state index contributed by atoms with van der Waals surface area (Å²) in [7, 11) is 0. The molecule has 0 heterocycles. The Morgan fingerprint density at radius 3 is 1.78 bits per heavy atom. The molecular formula is C27H22ClNO7. The minimum atomic E-state index is -0.705. The number of nitrogens with one attached hydrogen (secondary N) is 1. The zero-order valence-corrected chi connectivity index (χ0v) is 20.5. The second kappa shape index (κ2) is 9.54. The van der Waals surface area contributed by atoms with Crippen molar-refractivity contribution in [1.29, 1.82) is 0 Å². The van der Waals surface area contributed by atoms with Crippen LogP contribution < -0.4 is 5.32 Å². The molecule has 1 N–H and O–H groups in total. The Balaban J connectivity index is 1.73. The molecule has 36 heavy (non-hydrogen) atoms. The Morgan fingerprint density at radius 2 is 1.25 bits per heavy atom. The normalized spacial score (nSPS) is 15.6. The number of carbonyl (C=O) groups is 5. The van der Waals surface area contributed by atoms with Crippen LogP contribution in [-0.4, -0.2) is 48.0 Å². The van der Waals surface area contributed by atoms with Gasteiger partial charge in [-0.15, -0.1) is 0 Å². The number of ketones is 4. The van der Waals surface area contributed by atoms with Gasteiger partial charge in [0.25, 0.3) is 0 Å². The van der Waals surface area contributed by atoms with E-state index in [0.29, 0.717) is 0 Å². The van der Waals surface area contributed by atoms with Crippen LogP contribution in [0, 0.1) is 0 Å². The Labute approximate surface area is 211 Å². The quantitative estimate of drug-likeness (QED) is 0.595. The monoisotopic (exact) mass is 507 g/mol. The van der Waals surface area contributed by atoms with Gasteiger partial charge in [-0.3, -0.25) is 19.2 Å². The summed E-state index contributed by atoms with van der Waals surface area (Å²) in [5.74, 6) is -3.04. The summed E-state index contributed by atoms with van der Waals surface area (Å²) in [4.78, 5) is 65.2. The van der Waals surface area contributed by atoms with Crippen molar-refractivity contribution < 1.29 is 33.4 Å². The van der Waals surface area contributed by atoms with Crippen LogP contribution in [0.1, 0.15) is 62.2 Å². The number of hydrogen-bond donors (Lipinski definition) is 1. The number of fused-ring (bicyclic) bond motifs is 2. The Morgan fingerprint density at radius 1 is 0.778 bits per heavy atom. The van der Waals surface area contributed by atoms with Crippen LogP contribution in [0.5, 0.6) is 0 Å². The number of alkyl carbamates (subject to hydrolysis) is 1. The third kappa shape index (κ3) is 4.59. The lowest BCUT2D eigenvalue weighted by Gasteiger charge is -2.25. The SMILES string of the molecule is CC(C)(C)OC(=O)NCCOC1=C(C2=C(Cl)C(=O)c3ccccc3C2=O)C(=O)c2ccccc2C1=O. The number of Topliss-reactive ketones (excluding diaryl/α,β-unsaturated/α-hetero) is 4. The number of rotatable bonds is 5. The Bertz CT molecular complexity index is 1390. The third-order valence-corrected chi connectivity index (χ3v) is 5.77. The van der Waals surface area contributed by atoms with E-state index in [2.05, 4.69) is 5.32 Å². The maximum absolute atomic E-state index is 13.5. The summed E-state index contributed by atoms with van der Waals surface area (Å²) < 4.78 is 10.8. The van der Waals surface area contributed by atoms with Crippen LogP contribution in [0.25, 0.3) is 0 Å². The lowest BCUT2D eigenvalue weighted by molar-refractivity contribution is 0.0511. The number of allylic oxidation sites excluding steroid dienone is 4. The predicted molar refractivity (Wildman–Crippen MR) is 130 cm³/mol. The van der Waals surface area contributed by atoms with Crippen LogP contribution in [0.3, 0.4) is 0 Å². The van der Waals surface area contributed by atoms with E-state index in [4.69, 9.17) is 21.1 Å². The minimum Gasteiger partial charge on any atom is -0.487 e. The number of halogens is 1. The molecule has 2 aliphatic rings. The molecule has 0 bridgehead atoms. The predicted octanol–water partition coefficient (Wildman–Crippen LogP) is 4.43. The van der Waals surface area contributed by atoms with E-state index in [1.54, 1.807) is 45.0 Å². The van der Waals surface area contributed by atoms with E-state index in [-0.39, 0.29) is 46.6 Å². The van der Waals surface area contributed by atoms with Crippen LogP contribution in [0.4, 0.5) is 4.79 Å². The summed E-state index contributed by atoms with van der Waals surface area (Å²) in [5, 5.41) is 2.02. The van der Waals surface area contributed by atoms with E-state index in [1.807, 2.05) is 0 Å². The number of hydrogen-bond acceptors (Lipinski definition) is 7. The highest BCUT2D eigenvalue weighted by molar-refractivity contribution is 6.52. The van der Waals surface area contributed by atoms with Gasteiger partial charge in [0.1, 0.15) is 17.2 Å². The Kier molecular flexibility index (Phi) is 6.65. The van der Waals surface area contributed by atoms with E-state index >= 15 is 0 Å². The van der Waals surface area contributed by atoms with Gasteiger partial charge in [0.2, 0.25) is 11.6 Å². The molecule has 0 fully saturated rings. The highest BCUT2D eigenvalue weighted by Gasteiger charge is 2.42. The maximum Gasteiger partial charge on any atom is 0.407 e. The van der Waals surface area contributed by atoms with Crippen LogP contribution in [0.15, 0.2) is 70.5 Å². The fourth-order valence-electron chi connectivity index (χ4n) is 3.91. The van der Waals surface area contributed by atoms with Gasteiger partial charge < -0.3 is 14.8 Å². The first kappa shape index (κ1) is 25.1. The molecule has 0 spiro atoms. The first-order valence-electron chi connectivity index (χ1n) is 11.1. The number of benzene rings is 2. The zero-order chi connectivity index (χ0) is 26.2. The summed E-state index contributed by atoms with van der Waals surface area (Å²) in [6.07, 6.45) is -0.688. The summed E-state index contributed by atoms with van der Waals surface area (Å²) >= 11 is 6.34. The molecule has 2 aromatic carbocycles. The smallest absolute Gasteiger partial charge is 0.407 e. The van der Waals surface area contributed by atoms with Gasteiger partial charge in [-0.05, 0) is 20.8 Å². The summed E-state index contributed by atoms with van der Waals surface area (Å²) in [6, 6.07) is 12.2. The summed E-state index contributed by atoms with van der Waals surface area (Å²) in [6.45, 7) is 4.85. The number of carbonyl (C=O) groups excluding carboxylic acids is 5. The minimum absolute atomic E-state index is 0.0582. The molecule has 8 nitrogen and oxygen atoms in total. The molecule has 9 heteroatoms. The average Bonchev–Trinajstić information content (AvgIpc) is 2.83. The molecule has 1 amide bonds. The number of ether oxygens (including phenoxy) is 2. The van der Waals surface area contributed by atoms with Crippen LogP contribution in [0.2, 0.25) is 0 Å². The lowest BCUT2D eigenvalue weighted by atomic mass is 9.79. The van der Waals surface area contributed by atoms with Crippen molar-refractivity contribution in [1.82, 2.24) is 5.32 Å². The average molecular weight is 508 g/mol. The highest BCUT2D eigenvalue weighted by Crippen LogP contribution is 2.38. The van der Waals surface area contributed by atoms with Crippen LogP contribution >= 0.6 is 11.6 Å². The van der Waals surface area contributed by atoms with E-state index < -0.39 is 45.6 Å². The maximum atomic E-state index is 13.5. The standard InChI is InChI=1S/C27H22ClNO7/c1-27(2,3)36-26(34)29-12-13-35-25-19(22(31)15-9-5-7-11-17(15)24(25)33)18-20(28)23(32)16-10-6-4-8-14(16)21(18)30/h4-11H,12-13H2,1-3H3,(H,29,34). The topological polar surface area (TPSA) is 116 Å². The number of amides is 1. The van der Waals surface area contributed by atoms with E-state index in [0.717, 1.165) is 0 Å². The molecule has 0 aliphatic heterocycles. The second-order valence-corrected chi connectivity index (χ2v) is 9.46. The van der Waals surface area contributed by atoms with Crippen molar-refractivity contribution in [2.24, 2.45) is 0 Å². The Hall–Kier alpha value is -4.04. The van der Waals surface area contributed by atoms with Gasteiger partial charge in [-0.25, -0.2) is 4.79 Å². The molecule has 0 unspecified atom stereocenters. The summed E-state index contributed by atoms with van der Waals surface area (Å²) in [5.41, 5.74) is -1.14. The van der Waals surface area contributed by atoms with Gasteiger partial charge in [-0.1, -0.05) is 60.1 Å². The van der Waals surface area contributed by atoms with Crippen molar-refractivity contribution in [3.63, 3.8) is 0 Å². The second-order valence-electron chi connectivity index (χ2n) is 9.08. The zero-order valence-electron chi connectivity index (χ0n) is 19.8. The molecule has 184 valence electrons. The van der Waals surface area contributed by atoms with Crippen molar-refractivity contribution in [2.75, 3.05) is 13.2 Å². The van der Waals surface area contributed by atoms with Gasteiger partial charge >= 0.3 is 6.09 Å². The molecule has 0 atom stereocenters. The van der Waals surface area contributed by atoms with Gasteiger partial charge in [-0.2, -0.15) is 0 Å². The van der Waals surface area contributed by atoms with Crippen molar-refractivity contribution in [2.45, 2.75) is 26.4 Å². The van der Waals surface area contributed by atoms with E-state index in [1.165, 1.54) is 24.3 Å². The molecule has 2 aliphatic carbocycles. The third-order valence-electron chi connectivity index (χ3n) is 5.41. The highest BCUT2D eigenvalue weighted by atomic mass is 35.5. The fraction of sp³-hybridized carbons (Fsp3) is 0.222. The molecule has 2 aromatic rings. The van der Waals surface area contributed by atoms with Crippen molar-refractivity contribution in [3.05, 3.63) is 92.7 Å². The molecule has 4 rings (SSSR count). The molecule has 0 saturated heterocycles. The van der Waals surface area contributed by atoms with Crippen LogP contribution in [-0.2, 0) is 9.47 Å². The molecule has 0 aromatic heterocycles. The molecular weight excluding hydrogens is 486 g/mol. The lowest BCUT2D eigenvalue weighted by Crippen LogP contribution is -2.35. The van der Waals surface area contributed by atoms with Gasteiger partial charge in [0, 0.05) is 22.3 Å². The van der Waals surface area contributed by atoms with E-state index in [9.17, 15) is 24.0 Å². The molecule has 0 radical (unpaired) electrons. The van der Waals surface area contributed by atoms with Gasteiger partial charge in [0.05, 0.1) is 17.7 Å². The van der Waals surface area contributed by atoms with Crippen molar-refractivity contribution in [3.8, 4) is 0 Å².